The summed E-state index contributed by atoms with van der Waals surface area (Å²) in [6.07, 6.45) is 2.65. The lowest BCUT2D eigenvalue weighted by molar-refractivity contribution is 0.0921. The van der Waals surface area contributed by atoms with Crippen LogP contribution in [-0.4, -0.2) is 49.5 Å². The molecule has 1 aromatic rings. The van der Waals surface area contributed by atoms with E-state index in [0.29, 0.717) is 12.6 Å². The van der Waals surface area contributed by atoms with Gasteiger partial charge in [-0.1, -0.05) is 12.1 Å². The molecule has 0 atom stereocenters. The maximum atomic E-state index is 12.2. The Morgan fingerprint density at radius 2 is 2.11 bits per heavy atom. The number of hydrogen-bond acceptors (Lipinski definition) is 4. The van der Waals surface area contributed by atoms with Crippen molar-refractivity contribution in [3.8, 4) is 5.75 Å². The third kappa shape index (κ3) is 3.55. The van der Waals surface area contributed by atoms with Crippen LogP contribution in [0.15, 0.2) is 24.3 Å². The van der Waals surface area contributed by atoms with Crippen LogP contribution in [-0.2, 0) is 0 Å². The van der Waals surface area contributed by atoms with Gasteiger partial charge in [-0.25, -0.2) is 0 Å². The lowest BCUT2D eigenvalue weighted by Gasteiger charge is -2.26. The van der Waals surface area contributed by atoms with Crippen LogP contribution >= 0.6 is 0 Å². The molecule has 4 heteroatoms. The zero-order valence-corrected chi connectivity index (χ0v) is 11.1. The summed E-state index contributed by atoms with van der Waals surface area (Å²) in [6, 6.07) is 7.59. The first-order chi connectivity index (χ1) is 9.31. The van der Waals surface area contributed by atoms with E-state index in [-0.39, 0.29) is 5.78 Å². The summed E-state index contributed by atoms with van der Waals surface area (Å²) in [5.74, 6) is 1.01. The Morgan fingerprint density at radius 1 is 1.32 bits per heavy atom. The fourth-order valence-corrected chi connectivity index (χ4v) is 2.28. The monoisotopic (exact) mass is 260 g/mol. The third-order valence-corrected chi connectivity index (χ3v) is 3.56. The molecule has 0 bridgehead atoms. The number of hydrogen-bond donors (Lipinski definition) is 1. The Balaban J connectivity index is 1.61. The first kappa shape index (κ1) is 12.6. The Bertz CT molecular complexity index is 451. The van der Waals surface area contributed by atoms with E-state index in [1.54, 1.807) is 0 Å². The number of nitrogens with zero attached hydrogens (tertiary/aromatic N) is 1. The average molecular weight is 260 g/mol. The van der Waals surface area contributed by atoms with Crippen molar-refractivity contribution in [3.63, 3.8) is 0 Å². The minimum atomic E-state index is 0.183. The van der Waals surface area contributed by atoms with E-state index >= 15 is 0 Å². The lowest BCUT2D eigenvalue weighted by Crippen LogP contribution is -2.45. The molecular formula is C15H20N2O2. The lowest BCUT2D eigenvalue weighted by atomic mass is 10.1. The minimum Gasteiger partial charge on any atom is -0.490 e. The van der Waals surface area contributed by atoms with E-state index in [4.69, 9.17) is 4.74 Å². The van der Waals surface area contributed by atoms with Crippen LogP contribution in [0, 0.1) is 0 Å². The summed E-state index contributed by atoms with van der Waals surface area (Å²) in [5.41, 5.74) is 0.761. The van der Waals surface area contributed by atoms with Gasteiger partial charge < -0.3 is 10.1 Å². The fourth-order valence-electron chi connectivity index (χ4n) is 2.28. The van der Waals surface area contributed by atoms with Crippen molar-refractivity contribution in [3.05, 3.63) is 29.8 Å². The fraction of sp³-hybridized carbons (Fsp3) is 0.533. The van der Waals surface area contributed by atoms with Crippen LogP contribution in [0.1, 0.15) is 23.2 Å². The molecule has 2 aliphatic rings. The van der Waals surface area contributed by atoms with Crippen molar-refractivity contribution in [2.75, 3.05) is 32.7 Å². The van der Waals surface area contributed by atoms with Gasteiger partial charge >= 0.3 is 0 Å². The molecule has 1 aliphatic heterocycles. The van der Waals surface area contributed by atoms with Crippen molar-refractivity contribution >= 4 is 5.78 Å². The van der Waals surface area contributed by atoms with Crippen LogP contribution in [0.5, 0.6) is 5.75 Å². The SMILES string of the molecule is O=C(CN1CCNCC1)c1cccc(OC2CC2)c1. The molecule has 1 saturated carbocycles. The van der Waals surface area contributed by atoms with E-state index in [0.717, 1.165) is 50.3 Å². The first-order valence-electron chi connectivity index (χ1n) is 7.04. The van der Waals surface area contributed by atoms with Crippen LogP contribution < -0.4 is 10.1 Å². The summed E-state index contributed by atoms with van der Waals surface area (Å²) in [5, 5.41) is 3.29. The molecule has 0 unspecified atom stereocenters. The predicted molar refractivity (Wildman–Crippen MR) is 73.7 cm³/mol. The Labute approximate surface area is 113 Å². The largest absolute Gasteiger partial charge is 0.490 e. The van der Waals surface area contributed by atoms with Crippen LogP contribution in [0.2, 0.25) is 0 Å². The molecule has 1 heterocycles. The quantitative estimate of drug-likeness (QED) is 0.811. The highest BCUT2D eigenvalue weighted by Crippen LogP contribution is 2.27. The molecule has 0 aromatic heterocycles. The van der Waals surface area contributed by atoms with Gasteiger partial charge in [-0.05, 0) is 25.0 Å². The summed E-state index contributed by atoms with van der Waals surface area (Å²) in [4.78, 5) is 14.5. The predicted octanol–water partition coefficient (Wildman–Crippen LogP) is 1.32. The van der Waals surface area contributed by atoms with Gasteiger partial charge in [0.15, 0.2) is 5.78 Å². The highest BCUT2D eigenvalue weighted by atomic mass is 16.5. The van der Waals surface area contributed by atoms with Gasteiger partial charge in [0.25, 0.3) is 0 Å². The molecule has 1 aliphatic carbocycles. The van der Waals surface area contributed by atoms with Gasteiger partial charge in [0, 0.05) is 31.7 Å². The summed E-state index contributed by atoms with van der Waals surface area (Å²) >= 11 is 0. The van der Waals surface area contributed by atoms with Crippen LogP contribution in [0.25, 0.3) is 0 Å². The smallest absolute Gasteiger partial charge is 0.176 e. The zero-order valence-electron chi connectivity index (χ0n) is 11.1. The summed E-state index contributed by atoms with van der Waals surface area (Å²) in [7, 11) is 0. The zero-order chi connectivity index (χ0) is 13.1. The van der Waals surface area contributed by atoms with E-state index in [2.05, 4.69) is 10.2 Å². The van der Waals surface area contributed by atoms with Crippen molar-refractivity contribution in [1.82, 2.24) is 10.2 Å². The van der Waals surface area contributed by atoms with E-state index in [9.17, 15) is 4.79 Å². The topological polar surface area (TPSA) is 41.6 Å². The molecule has 1 N–H and O–H groups in total. The number of rotatable bonds is 5. The summed E-state index contributed by atoms with van der Waals surface area (Å²) < 4.78 is 5.73. The number of ether oxygens (including phenoxy) is 1. The first-order valence-corrected chi connectivity index (χ1v) is 7.04. The van der Waals surface area contributed by atoms with Gasteiger partial charge in [-0.3, -0.25) is 9.69 Å². The Kier molecular flexibility index (Phi) is 3.80. The third-order valence-electron chi connectivity index (χ3n) is 3.56. The molecule has 19 heavy (non-hydrogen) atoms. The molecular weight excluding hydrogens is 240 g/mol. The van der Waals surface area contributed by atoms with E-state index < -0.39 is 0 Å². The number of ketones is 1. The molecule has 2 fully saturated rings. The second-order valence-electron chi connectivity index (χ2n) is 5.29. The molecule has 4 nitrogen and oxygen atoms in total. The van der Waals surface area contributed by atoms with Crippen molar-refractivity contribution in [2.45, 2.75) is 18.9 Å². The standard InChI is InChI=1S/C15H20N2O2/c18-15(11-17-8-6-16-7-9-17)12-2-1-3-14(10-12)19-13-4-5-13/h1-3,10,13,16H,4-9,11H2. The number of carbonyl (C=O) groups excluding carboxylic acids is 1. The van der Waals surface area contributed by atoms with E-state index in [1.165, 1.54) is 0 Å². The molecule has 0 amide bonds. The number of carbonyl (C=O) groups is 1. The van der Waals surface area contributed by atoms with Gasteiger partial charge in [0.2, 0.25) is 0 Å². The Morgan fingerprint density at radius 3 is 2.84 bits per heavy atom. The number of Topliss-reactive ketones (excluding diaryl/α,β-unsaturated/α-hetero) is 1. The molecule has 0 spiro atoms. The van der Waals surface area contributed by atoms with E-state index in [1.807, 2.05) is 24.3 Å². The molecule has 1 saturated heterocycles. The van der Waals surface area contributed by atoms with Gasteiger partial charge in [-0.2, -0.15) is 0 Å². The molecule has 1 aromatic carbocycles. The normalized spacial score (nSPS) is 20.2. The van der Waals surface area contributed by atoms with Crippen molar-refractivity contribution in [2.24, 2.45) is 0 Å². The van der Waals surface area contributed by atoms with Gasteiger partial charge in [0.1, 0.15) is 5.75 Å². The number of piperazine rings is 1. The maximum Gasteiger partial charge on any atom is 0.176 e. The maximum absolute atomic E-state index is 12.2. The highest BCUT2D eigenvalue weighted by molar-refractivity contribution is 5.97. The average Bonchev–Trinajstić information content (AvgIpc) is 3.24. The van der Waals surface area contributed by atoms with Gasteiger partial charge in [0.05, 0.1) is 12.6 Å². The summed E-state index contributed by atoms with van der Waals surface area (Å²) in [6.45, 7) is 4.35. The number of benzene rings is 1. The second-order valence-corrected chi connectivity index (χ2v) is 5.29. The second kappa shape index (κ2) is 5.72. The highest BCUT2D eigenvalue weighted by Gasteiger charge is 2.23. The number of nitrogens with one attached hydrogen (secondary N) is 1. The molecule has 3 rings (SSSR count). The minimum absolute atomic E-state index is 0.183. The van der Waals surface area contributed by atoms with Gasteiger partial charge in [-0.15, -0.1) is 0 Å². The molecule has 0 radical (unpaired) electrons. The Hall–Kier alpha value is -1.39. The molecule has 102 valence electrons. The van der Waals surface area contributed by atoms with Crippen LogP contribution in [0.4, 0.5) is 0 Å². The van der Waals surface area contributed by atoms with Crippen LogP contribution in [0.3, 0.4) is 0 Å². The van der Waals surface area contributed by atoms with Crippen molar-refractivity contribution < 1.29 is 9.53 Å². The van der Waals surface area contributed by atoms with Crippen molar-refractivity contribution in [1.29, 1.82) is 0 Å².